The zero-order chi connectivity index (χ0) is 19.6. The number of hydrogen-bond acceptors (Lipinski definition) is 3. The van der Waals surface area contributed by atoms with Crippen molar-refractivity contribution in [3.05, 3.63) is 113 Å². The predicted octanol–water partition coefficient (Wildman–Crippen LogP) is 5.83. The molecule has 0 saturated carbocycles. The Morgan fingerprint density at radius 3 is 2.28 bits per heavy atom. The molecule has 0 amide bonds. The predicted molar refractivity (Wildman–Crippen MR) is 121 cm³/mol. The number of thioether (sulfide) groups is 1. The van der Waals surface area contributed by atoms with Crippen molar-refractivity contribution in [2.45, 2.75) is 10.9 Å². The summed E-state index contributed by atoms with van der Waals surface area (Å²) in [6.45, 7) is 0. The molecule has 0 aliphatic carbocycles. The fourth-order valence-corrected chi connectivity index (χ4v) is 4.51. The highest BCUT2D eigenvalue weighted by molar-refractivity contribution is 7.98. The molecule has 0 radical (unpaired) electrons. The van der Waals surface area contributed by atoms with Crippen LogP contribution in [0.3, 0.4) is 0 Å². The Balaban J connectivity index is 1.74. The Morgan fingerprint density at radius 1 is 0.724 bits per heavy atom. The van der Waals surface area contributed by atoms with E-state index in [4.69, 9.17) is 4.98 Å². The van der Waals surface area contributed by atoms with Crippen molar-refractivity contribution >= 4 is 33.4 Å². The van der Waals surface area contributed by atoms with Crippen LogP contribution in [0.2, 0.25) is 0 Å². The van der Waals surface area contributed by atoms with Gasteiger partial charge in [0.1, 0.15) is 0 Å². The third-order valence-electron chi connectivity index (χ3n) is 4.96. The van der Waals surface area contributed by atoms with Gasteiger partial charge in [0.2, 0.25) is 0 Å². The van der Waals surface area contributed by atoms with Crippen LogP contribution < -0.4 is 5.56 Å². The molecule has 3 nitrogen and oxygen atoms in total. The Labute approximate surface area is 172 Å². The number of fused-ring (bicyclic) bond motifs is 2. The molecule has 1 aromatic heterocycles. The van der Waals surface area contributed by atoms with Crippen molar-refractivity contribution in [3.63, 3.8) is 0 Å². The largest absolute Gasteiger partial charge is 0.268 e. The lowest BCUT2D eigenvalue weighted by Gasteiger charge is -2.15. The molecule has 5 aromatic rings. The van der Waals surface area contributed by atoms with Crippen LogP contribution in [0.15, 0.2) is 107 Å². The zero-order valence-electron chi connectivity index (χ0n) is 15.7. The Bertz CT molecular complexity index is 1370. The van der Waals surface area contributed by atoms with E-state index < -0.39 is 0 Å². The minimum Gasteiger partial charge on any atom is -0.268 e. The molecule has 29 heavy (non-hydrogen) atoms. The van der Waals surface area contributed by atoms with Crippen LogP contribution >= 0.6 is 11.8 Å². The van der Waals surface area contributed by atoms with Gasteiger partial charge in [0, 0.05) is 11.1 Å². The molecule has 0 N–H and O–H groups in total. The molecule has 0 fully saturated rings. The number of hydrogen-bond donors (Lipinski definition) is 0. The first-order valence-electron chi connectivity index (χ1n) is 9.48. The van der Waals surface area contributed by atoms with Gasteiger partial charge in [0.15, 0.2) is 5.16 Å². The van der Waals surface area contributed by atoms with Crippen molar-refractivity contribution in [3.8, 4) is 5.69 Å². The highest BCUT2D eigenvalue weighted by Crippen LogP contribution is 2.28. The molecule has 4 heteroatoms. The van der Waals surface area contributed by atoms with Crippen LogP contribution in [-0.4, -0.2) is 9.55 Å². The first-order valence-corrected chi connectivity index (χ1v) is 10.5. The molecule has 0 bridgehead atoms. The van der Waals surface area contributed by atoms with E-state index in [9.17, 15) is 4.79 Å². The lowest BCUT2D eigenvalue weighted by molar-refractivity contribution is 0.825. The van der Waals surface area contributed by atoms with Crippen molar-refractivity contribution in [1.82, 2.24) is 9.55 Å². The molecule has 1 heterocycles. The zero-order valence-corrected chi connectivity index (χ0v) is 16.5. The van der Waals surface area contributed by atoms with Crippen molar-refractivity contribution in [1.29, 1.82) is 0 Å². The van der Waals surface area contributed by atoms with Crippen molar-refractivity contribution in [2.75, 3.05) is 0 Å². The van der Waals surface area contributed by atoms with Gasteiger partial charge in [-0.1, -0.05) is 90.6 Å². The van der Waals surface area contributed by atoms with E-state index in [-0.39, 0.29) is 5.56 Å². The molecule has 0 spiro atoms. The van der Waals surface area contributed by atoms with E-state index in [1.54, 1.807) is 16.3 Å². The Morgan fingerprint density at radius 2 is 1.41 bits per heavy atom. The number of nitrogens with zero attached hydrogens (tertiary/aromatic N) is 2. The van der Waals surface area contributed by atoms with Gasteiger partial charge in [-0.05, 0) is 29.1 Å². The van der Waals surface area contributed by atoms with Crippen LogP contribution in [0.4, 0.5) is 0 Å². The highest BCUT2D eigenvalue weighted by Gasteiger charge is 2.15. The molecule has 4 aromatic carbocycles. The summed E-state index contributed by atoms with van der Waals surface area (Å²) in [7, 11) is 0. The summed E-state index contributed by atoms with van der Waals surface area (Å²) in [5, 5.41) is 3.47. The van der Waals surface area contributed by atoms with Crippen LogP contribution in [0, 0.1) is 0 Å². The molecule has 0 aliphatic heterocycles. The van der Waals surface area contributed by atoms with Crippen LogP contribution in [0.5, 0.6) is 0 Å². The maximum atomic E-state index is 13.5. The number of para-hydroxylation sites is 1. The second kappa shape index (κ2) is 7.57. The third-order valence-corrected chi connectivity index (χ3v) is 5.97. The summed E-state index contributed by atoms with van der Waals surface area (Å²) in [4.78, 5) is 18.4. The van der Waals surface area contributed by atoms with E-state index >= 15 is 0 Å². The molecule has 140 valence electrons. The van der Waals surface area contributed by atoms with Gasteiger partial charge in [0.05, 0.1) is 16.6 Å². The number of rotatable bonds is 4. The lowest BCUT2D eigenvalue weighted by Crippen LogP contribution is -2.22. The molecular formula is C25H18N2OS. The second-order valence-electron chi connectivity index (χ2n) is 6.82. The van der Waals surface area contributed by atoms with Crippen LogP contribution in [0.25, 0.3) is 27.4 Å². The maximum absolute atomic E-state index is 13.5. The van der Waals surface area contributed by atoms with Gasteiger partial charge in [-0.25, -0.2) is 4.98 Å². The summed E-state index contributed by atoms with van der Waals surface area (Å²) in [6, 6.07) is 32.0. The summed E-state index contributed by atoms with van der Waals surface area (Å²) in [5.41, 5.74) is 2.75. The third kappa shape index (κ3) is 3.32. The van der Waals surface area contributed by atoms with Gasteiger partial charge in [0.25, 0.3) is 5.56 Å². The fourth-order valence-electron chi connectivity index (χ4n) is 3.55. The first-order chi connectivity index (χ1) is 14.3. The highest BCUT2D eigenvalue weighted by atomic mass is 32.2. The first kappa shape index (κ1) is 17.7. The molecule has 0 saturated heterocycles. The normalized spacial score (nSPS) is 11.2. The van der Waals surface area contributed by atoms with Crippen LogP contribution in [-0.2, 0) is 5.75 Å². The van der Waals surface area contributed by atoms with E-state index in [0.717, 1.165) is 27.7 Å². The Hall–Kier alpha value is -3.37. The minimum atomic E-state index is -0.0393. The second-order valence-corrected chi connectivity index (χ2v) is 7.77. The smallest absolute Gasteiger partial charge is 0.266 e. The van der Waals surface area contributed by atoms with E-state index in [0.29, 0.717) is 10.5 Å². The van der Waals surface area contributed by atoms with Crippen LogP contribution in [0.1, 0.15) is 5.56 Å². The standard InChI is InChI=1S/C25H18N2OS/c28-24-21-14-6-7-15-22(21)26-25(29-17-18-9-2-1-3-10-18)27(24)23-16-8-12-19-11-4-5-13-20(19)23/h1-16H,17H2. The van der Waals surface area contributed by atoms with E-state index in [1.165, 1.54) is 5.56 Å². The van der Waals surface area contributed by atoms with Gasteiger partial charge >= 0.3 is 0 Å². The maximum Gasteiger partial charge on any atom is 0.266 e. The minimum absolute atomic E-state index is 0.0393. The SMILES string of the molecule is O=c1c2ccccc2nc(SCc2ccccc2)n1-c1cccc2ccccc12. The van der Waals surface area contributed by atoms with E-state index in [2.05, 4.69) is 30.3 Å². The van der Waals surface area contributed by atoms with Gasteiger partial charge in [-0.15, -0.1) is 0 Å². The van der Waals surface area contributed by atoms with Crippen molar-refractivity contribution < 1.29 is 0 Å². The van der Waals surface area contributed by atoms with Gasteiger partial charge in [-0.2, -0.15) is 0 Å². The van der Waals surface area contributed by atoms with Gasteiger partial charge < -0.3 is 0 Å². The fraction of sp³-hybridized carbons (Fsp3) is 0.0400. The number of benzene rings is 4. The number of aromatic nitrogens is 2. The van der Waals surface area contributed by atoms with Crippen molar-refractivity contribution in [2.24, 2.45) is 0 Å². The quantitative estimate of drug-likeness (QED) is 0.284. The summed E-state index contributed by atoms with van der Waals surface area (Å²) in [6.07, 6.45) is 0. The van der Waals surface area contributed by atoms with Gasteiger partial charge in [-0.3, -0.25) is 9.36 Å². The molecule has 5 rings (SSSR count). The summed E-state index contributed by atoms with van der Waals surface area (Å²) in [5.74, 6) is 0.746. The topological polar surface area (TPSA) is 34.9 Å². The molecule has 0 unspecified atom stereocenters. The summed E-state index contributed by atoms with van der Waals surface area (Å²) < 4.78 is 1.76. The Kier molecular flexibility index (Phi) is 4.62. The monoisotopic (exact) mass is 394 g/mol. The average Bonchev–Trinajstić information content (AvgIpc) is 2.78. The molecule has 0 atom stereocenters. The summed E-state index contributed by atoms with van der Waals surface area (Å²) >= 11 is 1.58. The molecular weight excluding hydrogens is 376 g/mol. The van der Waals surface area contributed by atoms with E-state index in [1.807, 2.05) is 66.7 Å². The lowest BCUT2D eigenvalue weighted by atomic mass is 10.1. The average molecular weight is 394 g/mol. The molecule has 0 aliphatic rings.